The zero-order valence-corrected chi connectivity index (χ0v) is 17.0. The quantitative estimate of drug-likeness (QED) is 0.609. The van der Waals surface area contributed by atoms with Gasteiger partial charge in [0.25, 0.3) is 0 Å². The minimum Gasteiger partial charge on any atom is -0.469 e. The summed E-state index contributed by atoms with van der Waals surface area (Å²) in [6.45, 7) is 0. The van der Waals surface area contributed by atoms with Crippen molar-refractivity contribution in [1.82, 2.24) is 25.1 Å². The summed E-state index contributed by atoms with van der Waals surface area (Å²) in [5.41, 5.74) is 0.963. The van der Waals surface area contributed by atoms with Crippen LogP contribution in [0.5, 0.6) is 0 Å². The number of fused-ring (bicyclic) bond motifs is 4. The number of anilines is 1. The fourth-order valence-corrected chi connectivity index (χ4v) is 5.08. The summed E-state index contributed by atoms with van der Waals surface area (Å²) in [4.78, 5) is 25.1. The average molecular weight is 431 g/mol. The van der Waals surface area contributed by atoms with Gasteiger partial charge in [0.05, 0.1) is 29.6 Å². The van der Waals surface area contributed by atoms with Crippen molar-refractivity contribution in [2.75, 3.05) is 12.4 Å². The summed E-state index contributed by atoms with van der Waals surface area (Å²) in [5.74, 6) is -0.341. The molecule has 0 saturated heterocycles. The van der Waals surface area contributed by atoms with Gasteiger partial charge in [0.15, 0.2) is 23.1 Å². The van der Waals surface area contributed by atoms with Crippen molar-refractivity contribution in [3.8, 4) is 11.5 Å². The lowest BCUT2D eigenvalue weighted by atomic mass is 9.61. The maximum atomic E-state index is 14.6. The summed E-state index contributed by atoms with van der Waals surface area (Å²) in [6, 6.07) is 1.48. The van der Waals surface area contributed by atoms with E-state index in [0.29, 0.717) is 21.7 Å². The third kappa shape index (κ3) is 3.17. The molecule has 0 spiro atoms. The van der Waals surface area contributed by atoms with Gasteiger partial charge in [-0.05, 0) is 43.6 Å². The zero-order chi connectivity index (χ0) is 20.8. The minimum absolute atomic E-state index is 0.0533. The molecule has 30 heavy (non-hydrogen) atoms. The number of carbonyl (C=O) groups excluding carboxylic acids is 1. The van der Waals surface area contributed by atoms with Crippen molar-refractivity contribution in [2.45, 2.75) is 31.7 Å². The molecule has 2 N–H and O–H groups in total. The molecule has 3 saturated carbocycles. The molecule has 0 aromatic carbocycles. The molecular formula is C20H20ClFN6O2. The number of nitrogens with zero attached hydrogens (tertiary/aromatic N) is 4. The van der Waals surface area contributed by atoms with Crippen LogP contribution in [0.1, 0.15) is 25.7 Å². The van der Waals surface area contributed by atoms with Gasteiger partial charge in [-0.1, -0.05) is 11.6 Å². The van der Waals surface area contributed by atoms with Crippen molar-refractivity contribution in [3.63, 3.8) is 0 Å². The number of halogens is 2. The predicted molar refractivity (Wildman–Crippen MR) is 108 cm³/mol. The normalized spacial score (nSPS) is 25.4. The molecule has 0 radical (unpaired) electrons. The standard InChI is InChI=1S/C20H20ClFN6O2/c1-30-20(29)14-9-2-4-10(5-3-9)15(14)25-18-13(22)8-24-19(26-18)16-12-6-11(21)7-23-17(12)28-27-16/h6-10,14-15H,2-5H2,1H3,(H,23,27,28)(H,24,25,26)/t9?,10?,14-,15-/m0/s1. The number of H-pyrrole nitrogens is 1. The number of hydrogen-bond donors (Lipinski definition) is 2. The molecule has 3 fully saturated rings. The van der Waals surface area contributed by atoms with Crippen molar-refractivity contribution in [1.29, 1.82) is 0 Å². The molecule has 3 aliphatic carbocycles. The lowest BCUT2D eigenvalue weighted by molar-refractivity contribution is -0.152. The molecule has 0 aliphatic heterocycles. The van der Waals surface area contributed by atoms with Crippen molar-refractivity contribution in [2.24, 2.45) is 17.8 Å². The molecule has 0 amide bonds. The highest BCUT2D eigenvalue weighted by molar-refractivity contribution is 6.31. The number of pyridine rings is 1. The van der Waals surface area contributed by atoms with Crippen LogP contribution in [0.15, 0.2) is 18.5 Å². The molecule has 0 unspecified atom stereocenters. The molecule has 2 atom stereocenters. The number of aromatic nitrogens is 5. The number of carbonyl (C=O) groups is 1. The van der Waals surface area contributed by atoms with E-state index in [1.807, 2.05) is 0 Å². The van der Waals surface area contributed by atoms with Crippen molar-refractivity contribution >= 4 is 34.4 Å². The third-order valence-corrected chi connectivity index (χ3v) is 6.54. The van der Waals surface area contributed by atoms with Crippen LogP contribution in [0, 0.1) is 23.6 Å². The third-order valence-electron chi connectivity index (χ3n) is 6.33. The first-order valence-corrected chi connectivity index (χ1v) is 10.3. The van der Waals surface area contributed by atoms with Crippen LogP contribution in [-0.4, -0.2) is 44.3 Å². The van der Waals surface area contributed by atoms with Gasteiger partial charge >= 0.3 is 5.97 Å². The predicted octanol–water partition coefficient (Wildman–Crippen LogP) is 3.60. The number of methoxy groups -OCH3 is 1. The van der Waals surface area contributed by atoms with E-state index in [1.54, 1.807) is 6.07 Å². The van der Waals surface area contributed by atoms with Crippen molar-refractivity contribution in [3.05, 3.63) is 29.3 Å². The molecule has 10 heteroatoms. The summed E-state index contributed by atoms with van der Waals surface area (Å²) in [6.07, 6.45) is 6.61. The summed E-state index contributed by atoms with van der Waals surface area (Å²) in [5, 5.41) is 11.3. The Hall–Kier alpha value is -2.81. The Balaban J connectivity index is 1.50. The van der Waals surface area contributed by atoms with E-state index in [-0.39, 0.29) is 41.4 Å². The molecule has 8 nitrogen and oxygen atoms in total. The lowest BCUT2D eigenvalue weighted by Gasteiger charge is -2.47. The van der Waals surface area contributed by atoms with Crippen LogP contribution < -0.4 is 5.32 Å². The summed E-state index contributed by atoms with van der Waals surface area (Å²) >= 11 is 6.05. The highest BCUT2D eigenvalue weighted by Crippen LogP contribution is 2.46. The largest absolute Gasteiger partial charge is 0.469 e. The Labute approximate surface area is 176 Å². The van der Waals surface area contributed by atoms with Gasteiger partial charge in [0.1, 0.15) is 5.69 Å². The summed E-state index contributed by atoms with van der Waals surface area (Å²) in [7, 11) is 1.40. The van der Waals surface area contributed by atoms with E-state index >= 15 is 0 Å². The van der Waals surface area contributed by atoms with Crippen LogP contribution in [0.25, 0.3) is 22.6 Å². The van der Waals surface area contributed by atoms with Gasteiger partial charge in [-0.25, -0.2) is 19.3 Å². The van der Waals surface area contributed by atoms with E-state index < -0.39 is 5.82 Å². The topological polar surface area (TPSA) is 106 Å². The van der Waals surface area contributed by atoms with Crippen LogP contribution in [0.4, 0.5) is 10.2 Å². The van der Waals surface area contributed by atoms with Gasteiger partial charge in [0, 0.05) is 12.2 Å². The maximum Gasteiger partial charge on any atom is 0.311 e. The number of hydrogen-bond acceptors (Lipinski definition) is 7. The van der Waals surface area contributed by atoms with E-state index in [4.69, 9.17) is 16.3 Å². The Morgan fingerprint density at radius 2 is 2.00 bits per heavy atom. The Morgan fingerprint density at radius 1 is 1.23 bits per heavy atom. The maximum absolute atomic E-state index is 14.6. The number of esters is 1. The molecule has 3 aromatic heterocycles. The highest BCUT2D eigenvalue weighted by atomic mass is 35.5. The van der Waals surface area contributed by atoms with E-state index in [1.165, 1.54) is 13.3 Å². The second-order valence-corrected chi connectivity index (χ2v) is 8.34. The first-order chi connectivity index (χ1) is 14.5. The molecule has 2 bridgehead atoms. The van der Waals surface area contributed by atoms with Crippen LogP contribution in [0.3, 0.4) is 0 Å². The molecule has 3 aromatic rings. The molecule has 156 valence electrons. The second-order valence-electron chi connectivity index (χ2n) is 7.91. The zero-order valence-electron chi connectivity index (χ0n) is 16.2. The first-order valence-electron chi connectivity index (χ1n) is 9.92. The number of nitrogens with one attached hydrogen (secondary N) is 2. The second kappa shape index (κ2) is 7.46. The first kappa shape index (κ1) is 19.2. The van der Waals surface area contributed by atoms with Crippen LogP contribution in [-0.2, 0) is 9.53 Å². The van der Waals surface area contributed by atoms with Gasteiger partial charge in [0.2, 0.25) is 0 Å². The smallest absolute Gasteiger partial charge is 0.311 e. The fourth-order valence-electron chi connectivity index (χ4n) is 4.92. The monoisotopic (exact) mass is 430 g/mol. The summed E-state index contributed by atoms with van der Waals surface area (Å²) < 4.78 is 19.7. The Kier molecular flexibility index (Phi) is 4.77. The van der Waals surface area contributed by atoms with E-state index in [2.05, 4.69) is 30.5 Å². The Bertz CT molecular complexity index is 1110. The highest BCUT2D eigenvalue weighted by Gasteiger charge is 2.48. The molecule has 3 heterocycles. The lowest BCUT2D eigenvalue weighted by Crippen LogP contribution is -2.52. The van der Waals surface area contributed by atoms with Crippen LogP contribution in [0.2, 0.25) is 5.02 Å². The number of aromatic amines is 1. The molecule has 3 aliphatic rings. The van der Waals surface area contributed by atoms with Crippen molar-refractivity contribution < 1.29 is 13.9 Å². The molecular weight excluding hydrogens is 411 g/mol. The SMILES string of the molecule is COC(=O)[C@H]1C2CCC(CC2)[C@@H]1Nc1nc(-c2n[nH]c3ncc(Cl)cc23)ncc1F. The minimum atomic E-state index is -0.584. The van der Waals surface area contributed by atoms with Gasteiger partial charge in [-0.2, -0.15) is 5.10 Å². The fraction of sp³-hybridized carbons (Fsp3) is 0.450. The number of rotatable bonds is 4. The average Bonchev–Trinajstić information content (AvgIpc) is 3.18. The van der Waals surface area contributed by atoms with Gasteiger partial charge in [-0.15, -0.1) is 0 Å². The Morgan fingerprint density at radius 3 is 2.77 bits per heavy atom. The van der Waals surface area contributed by atoms with E-state index in [9.17, 15) is 9.18 Å². The van der Waals surface area contributed by atoms with E-state index in [0.717, 1.165) is 31.9 Å². The molecule has 6 rings (SSSR count). The van der Waals surface area contributed by atoms with Crippen LogP contribution >= 0.6 is 11.6 Å². The van der Waals surface area contributed by atoms with Gasteiger partial charge in [-0.3, -0.25) is 9.89 Å². The number of ether oxygens (including phenoxy) is 1. The van der Waals surface area contributed by atoms with Gasteiger partial charge < -0.3 is 10.1 Å².